The van der Waals surface area contributed by atoms with Crippen molar-refractivity contribution in [2.45, 2.75) is 31.8 Å². The number of H-pyrrole nitrogens is 1. The van der Waals surface area contributed by atoms with Gasteiger partial charge in [0.1, 0.15) is 11.7 Å². The Labute approximate surface area is 189 Å². The van der Waals surface area contributed by atoms with Gasteiger partial charge in [0.15, 0.2) is 5.49 Å². The normalized spacial score (nSPS) is 12.4. The van der Waals surface area contributed by atoms with Gasteiger partial charge >= 0.3 is 11.9 Å². The first-order chi connectivity index (χ1) is 16.0. The third-order valence-electron chi connectivity index (χ3n) is 5.17. The maximum absolute atomic E-state index is 12.6. The molecule has 0 unspecified atom stereocenters. The van der Waals surface area contributed by atoms with Gasteiger partial charge in [0.05, 0.1) is 25.9 Å². The van der Waals surface area contributed by atoms with E-state index in [-0.39, 0.29) is 12.8 Å². The Balaban J connectivity index is 1.64. The van der Waals surface area contributed by atoms with Gasteiger partial charge in [0.2, 0.25) is 0 Å². The van der Waals surface area contributed by atoms with E-state index < -0.39 is 23.9 Å². The van der Waals surface area contributed by atoms with E-state index >= 15 is 0 Å². The molecule has 1 atom stereocenters. The van der Waals surface area contributed by atoms with Gasteiger partial charge in [0.25, 0.3) is 5.91 Å². The lowest BCUT2D eigenvalue weighted by Gasteiger charge is -2.16. The molecule has 0 bridgehead atoms. The number of hydrogen-bond acceptors (Lipinski definition) is 8. The van der Waals surface area contributed by atoms with Gasteiger partial charge in [-0.3, -0.25) is 9.59 Å². The maximum atomic E-state index is 12.6. The molecule has 3 aromatic rings. The molecule has 174 valence electrons. The zero-order valence-corrected chi connectivity index (χ0v) is 18.3. The molecule has 0 aliphatic carbocycles. The fourth-order valence-corrected chi connectivity index (χ4v) is 3.33. The van der Waals surface area contributed by atoms with Crippen molar-refractivity contribution in [1.82, 2.24) is 19.9 Å². The van der Waals surface area contributed by atoms with Crippen LogP contribution in [0.2, 0.25) is 0 Å². The van der Waals surface area contributed by atoms with E-state index in [9.17, 15) is 19.6 Å². The number of ether oxygens (including phenoxy) is 2. The first-order valence-corrected chi connectivity index (χ1v) is 10.2. The highest BCUT2D eigenvalue weighted by Gasteiger charge is 2.23. The van der Waals surface area contributed by atoms with Crippen LogP contribution in [0.15, 0.2) is 48.0 Å². The van der Waals surface area contributed by atoms with Crippen molar-refractivity contribution in [3.05, 3.63) is 59.5 Å². The Morgan fingerprint density at radius 2 is 1.94 bits per heavy atom. The molecule has 2 aromatic heterocycles. The molecule has 11 nitrogen and oxygen atoms in total. The number of rotatable bonds is 9. The van der Waals surface area contributed by atoms with E-state index in [2.05, 4.69) is 25.2 Å². The minimum absolute atomic E-state index is 0.0291. The molecule has 0 saturated carbocycles. The number of hydrogen-bond donors (Lipinski definition) is 3. The molecule has 0 saturated heterocycles. The largest absolute Gasteiger partial charge is 0.469 e. The van der Waals surface area contributed by atoms with Gasteiger partial charge in [-0.1, -0.05) is 17.3 Å². The number of carbonyl (C=O) groups excluding carboxylic acids is 3. The van der Waals surface area contributed by atoms with Crippen molar-refractivity contribution >= 4 is 28.9 Å². The quantitative estimate of drug-likeness (QED) is 0.249. The summed E-state index contributed by atoms with van der Waals surface area (Å²) < 4.78 is 11.0. The standard InChI is InChI=1S/C22H25N5O6/c1-32-18(28)8-7-17(22(30)33-2)25-21(29)15-5-3-14(4-6-15)10-12-27-13-24-19-16(9-11-23-19)20(27)26-31/h3-6,9,11,13,17,23,31H,7-8,10,12H2,1-2H3,(H,25,29)/t17-/m0/s1. The van der Waals surface area contributed by atoms with Gasteiger partial charge < -0.3 is 29.5 Å². The molecule has 1 aromatic carbocycles. The number of aromatic amines is 1. The second-order valence-electron chi connectivity index (χ2n) is 7.21. The molecule has 0 spiro atoms. The number of aryl methyl sites for hydroxylation is 2. The molecule has 0 radical (unpaired) electrons. The first kappa shape index (κ1) is 23.5. The molecule has 11 heteroatoms. The molecule has 2 heterocycles. The summed E-state index contributed by atoms with van der Waals surface area (Å²) in [5.74, 6) is -1.58. The number of nitrogens with zero attached hydrogens (tertiary/aromatic N) is 3. The Hall–Kier alpha value is -4.15. The van der Waals surface area contributed by atoms with Gasteiger partial charge in [-0.15, -0.1) is 0 Å². The van der Waals surface area contributed by atoms with Crippen molar-refractivity contribution in [1.29, 1.82) is 0 Å². The molecule has 3 N–H and O–H groups in total. The number of benzene rings is 1. The molecule has 3 rings (SSSR count). The lowest BCUT2D eigenvalue weighted by atomic mass is 10.1. The van der Waals surface area contributed by atoms with Crippen LogP contribution in [0.1, 0.15) is 28.8 Å². The van der Waals surface area contributed by atoms with Gasteiger partial charge in [-0.05, 0) is 36.6 Å². The number of carbonyl (C=O) groups is 3. The van der Waals surface area contributed by atoms with E-state index in [0.29, 0.717) is 35.1 Å². The van der Waals surface area contributed by atoms with Crippen LogP contribution >= 0.6 is 0 Å². The number of methoxy groups -OCH3 is 2. The minimum Gasteiger partial charge on any atom is -0.469 e. The van der Waals surface area contributed by atoms with Crippen LogP contribution in [0.4, 0.5) is 0 Å². The zero-order valence-electron chi connectivity index (χ0n) is 18.3. The third-order valence-corrected chi connectivity index (χ3v) is 5.17. The van der Waals surface area contributed by atoms with Crippen LogP contribution in [-0.4, -0.2) is 57.8 Å². The summed E-state index contributed by atoms with van der Waals surface area (Å²) in [5.41, 5.74) is 2.34. The molecule has 0 fully saturated rings. The smallest absolute Gasteiger partial charge is 0.328 e. The lowest BCUT2D eigenvalue weighted by molar-refractivity contribution is -0.144. The average molecular weight is 455 g/mol. The Morgan fingerprint density at radius 3 is 2.61 bits per heavy atom. The van der Waals surface area contributed by atoms with Crippen LogP contribution < -0.4 is 10.8 Å². The predicted molar refractivity (Wildman–Crippen MR) is 116 cm³/mol. The molecule has 1 amide bonds. The number of aromatic nitrogens is 3. The monoisotopic (exact) mass is 455 g/mol. The number of nitrogens with one attached hydrogen (secondary N) is 2. The topological polar surface area (TPSA) is 148 Å². The molecular weight excluding hydrogens is 430 g/mol. The van der Waals surface area contributed by atoms with Crippen LogP contribution in [0, 0.1) is 0 Å². The summed E-state index contributed by atoms with van der Waals surface area (Å²) in [7, 11) is 2.47. The van der Waals surface area contributed by atoms with Crippen molar-refractivity contribution in [3.63, 3.8) is 0 Å². The maximum Gasteiger partial charge on any atom is 0.328 e. The highest BCUT2D eigenvalue weighted by molar-refractivity contribution is 5.96. The Kier molecular flexibility index (Phi) is 7.79. The molecule has 0 aliphatic heterocycles. The molecular formula is C22H25N5O6. The van der Waals surface area contributed by atoms with E-state index in [1.165, 1.54) is 14.2 Å². The van der Waals surface area contributed by atoms with E-state index in [4.69, 9.17) is 4.74 Å². The average Bonchev–Trinajstić information content (AvgIpc) is 3.33. The summed E-state index contributed by atoms with van der Waals surface area (Å²) in [4.78, 5) is 43.1. The van der Waals surface area contributed by atoms with Crippen LogP contribution in [0.3, 0.4) is 0 Å². The van der Waals surface area contributed by atoms with Crippen molar-refractivity contribution in [3.8, 4) is 0 Å². The van der Waals surface area contributed by atoms with Crippen molar-refractivity contribution in [2.24, 2.45) is 5.16 Å². The fraction of sp³-hybridized carbons (Fsp3) is 0.318. The number of esters is 2. The summed E-state index contributed by atoms with van der Waals surface area (Å²) >= 11 is 0. The van der Waals surface area contributed by atoms with E-state index in [1.807, 2.05) is 0 Å². The SMILES string of the molecule is COC(=O)CC[C@H](NC(=O)c1ccc(CCn2cnc3[nH]ccc3c2=NO)cc1)C(=O)OC. The second kappa shape index (κ2) is 10.9. The van der Waals surface area contributed by atoms with E-state index in [0.717, 1.165) is 5.56 Å². The number of amides is 1. The predicted octanol–water partition coefficient (Wildman–Crippen LogP) is 1.12. The highest BCUT2D eigenvalue weighted by Crippen LogP contribution is 2.09. The zero-order chi connectivity index (χ0) is 23.8. The second-order valence-corrected chi connectivity index (χ2v) is 7.21. The summed E-state index contributed by atoms with van der Waals surface area (Å²) in [5, 5.41) is 16.1. The fourth-order valence-electron chi connectivity index (χ4n) is 3.33. The van der Waals surface area contributed by atoms with Gasteiger partial charge in [-0.2, -0.15) is 0 Å². The molecule has 0 aliphatic rings. The Bertz CT molecular complexity index is 1200. The summed E-state index contributed by atoms with van der Waals surface area (Å²) in [6.45, 7) is 0.511. The Morgan fingerprint density at radius 1 is 1.18 bits per heavy atom. The van der Waals surface area contributed by atoms with Crippen LogP contribution in [0.25, 0.3) is 11.0 Å². The van der Waals surface area contributed by atoms with Gasteiger partial charge in [0, 0.05) is 24.7 Å². The van der Waals surface area contributed by atoms with Crippen LogP contribution in [-0.2, 0) is 32.0 Å². The number of fused-ring (bicyclic) bond motifs is 1. The van der Waals surface area contributed by atoms with E-state index in [1.54, 1.807) is 47.4 Å². The van der Waals surface area contributed by atoms with Crippen LogP contribution in [0.5, 0.6) is 0 Å². The van der Waals surface area contributed by atoms with Gasteiger partial charge in [-0.25, -0.2) is 9.78 Å². The molecule has 33 heavy (non-hydrogen) atoms. The minimum atomic E-state index is -0.964. The van der Waals surface area contributed by atoms with Crippen molar-refractivity contribution < 1.29 is 29.1 Å². The third kappa shape index (κ3) is 5.76. The van der Waals surface area contributed by atoms with Crippen molar-refractivity contribution in [2.75, 3.05) is 14.2 Å². The highest BCUT2D eigenvalue weighted by atomic mass is 16.5. The lowest BCUT2D eigenvalue weighted by Crippen LogP contribution is -2.41. The summed E-state index contributed by atoms with van der Waals surface area (Å²) in [6.07, 6.45) is 3.96. The summed E-state index contributed by atoms with van der Waals surface area (Å²) in [6, 6.07) is 7.72. The first-order valence-electron chi connectivity index (χ1n) is 10.2.